The van der Waals surface area contributed by atoms with Crippen molar-refractivity contribution in [2.24, 2.45) is 5.73 Å². The predicted molar refractivity (Wildman–Crippen MR) is 75.1 cm³/mol. The molecule has 5 heteroatoms. The highest BCUT2D eigenvalue weighted by atomic mass is 16.1. The van der Waals surface area contributed by atoms with Crippen molar-refractivity contribution >= 4 is 11.6 Å². The lowest BCUT2D eigenvalue weighted by Crippen LogP contribution is -2.36. The molecule has 0 saturated carbocycles. The van der Waals surface area contributed by atoms with Gasteiger partial charge in [0.2, 0.25) is 5.91 Å². The topological polar surface area (TPSA) is 72.9 Å². The smallest absolute Gasteiger partial charge is 0.226 e. The molecule has 0 saturated heterocycles. The second-order valence-electron chi connectivity index (χ2n) is 5.21. The second-order valence-corrected chi connectivity index (χ2v) is 5.21. The molecule has 0 spiro atoms. The summed E-state index contributed by atoms with van der Waals surface area (Å²) >= 11 is 0. The monoisotopic (exact) mass is 258 g/mol. The predicted octanol–water partition coefficient (Wildman–Crippen LogP) is 1.94. The van der Waals surface area contributed by atoms with Crippen molar-refractivity contribution < 1.29 is 4.79 Å². The number of carbonyl (C=O) groups is 1. The van der Waals surface area contributed by atoms with Gasteiger partial charge in [-0.05, 0) is 44.2 Å². The molecule has 1 amide bonds. The van der Waals surface area contributed by atoms with Crippen LogP contribution in [-0.2, 0) is 4.79 Å². The van der Waals surface area contributed by atoms with E-state index in [2.05, 4.69) is 10.4 Å². The Morgan fingerprint density at radius 2 is 2.05 bits per heavy atom. The third-order valence-electron chi connectivity index (χ3n) is 2.54. The molecule has 0 unspecified atom stereocenters. The van der Waals surface area contributed by atoms with Gasteiger partial charge >= 0.3 is 0 Å². The van der Waals surface area contributed by atoms with Crippen LogP contribution in [0.15, 0.2) is 42.7 Å². The largest absolute Gasteiger partial charge is 0.326 e. The quantitative estimate of drug-likeness (QED) is 0.880. The van der Waals surface area contributed by atoms with Crippen molar-refractivity contribution in [3.05, 3.63) is 42.7 Å². The summed E-state index contributed by atoms with van der Waals surface area (Å²) in [5, 5.41) is 6.96. The van der Waals surface area contributed by atoms with Crippen molar-refractivity contribution in [2.75, 3.05) is 5.32 Å². The number of benzene rings is 1. The van der Waals surface area contributed by atoms with Gasteiger partial charge in [-0.25, -0.2) is 4.68 Å². The normalized spacial score (nSPS) is 11.3. The van der Waals surface area contributed by atoms with Crippen LogP contribution in [-0.4, -0.2) is 21.2 Å². The molecule has 100 valence electrons. The minimum Gasteiger partial charge on any atom is -0.326 e. The summed E-state index contributed by atoms with van der Waals surface area (Å²) < 4.78 is 1.76. The summed E-state index contributed by atoms with van der Waals surface area (Å²) in [6, 6.07) is 9.35. The summed E-state index contributed by atoms with van der Waals surface area (Å²) in [6.45, 7) is 3.65. The van der Waals surface area contributed by atoms with Crippen LogP contribution in [0.3, 0.4) is 0 Å². The number of hydrogen-bond acceptors (Lipinski definition) is 3. The first-order valence-corrected chi connectivity index (χ1v) is 6.13. The summed E-state index contributed by atoms with van der Waals surface area (Å²) in [4.78, 5) is 11.7. The number of carbonyl (C=O) groups excluding carboxylic acids is 1. The molecule has 0 aliphatic carbocycles. The van der Waals surface area contributed by atoms with Gasteiger partial charge in [-0.1, -0.05) is 0 Å². The average molecular weight is 258 g/mol. The van der Waals surface area contributed by atoms with Crippen LogP contribution < -0.4 is 11.1 Å². The number of rotatable bonds is 4. The van der Waals surface area contributed by atoms with E-state index in [0.29, 0.717) is 0 Å². The SMILES string of the molecule is CC(C)(N)CC(=O)Nc1ccc(-n2cccn2)cc1. The van der Waals surface area contributed by atoms with Gasteiger partial charge in [0.25, 0.3) is 0 Å². The molecule has 0 radical (unpaired) electrons. The molecule has 1 aromatic carbocycles. The maximum absolute atomic E-state index is 11.7. The van der Waals surface area contributed by atoms with Crippen molar-refractivity contribution in [3.8, 4) is 5.69 Å². The van der Waals surface area contributed by atoms with E-state index >= 15 is 0 Å². The molecular formula is C14H18N4O. The molecule has 3 N–H and O–H groups in total. The highest BCUT2D eigenvalue weighted by Gasteiger charge is 2.16. The second kappa shape index (κ2) is 5.24. The third kappa shape index (κ3) is 3.93. The molecular weight excluding hydrogens is 240 g/mol. The Hall–Kier alpha value is -2.14. The molecule has 5 nitrogen and oxygen atoms in total. The fourth-order valence-electron chi connectivity index (χ4n) is 1.74. The van der Waals surface area contributed by atoms with E-state index < -0.39 is 5.54 Å². The Kier molecular flexibility index (Phi) is 3.66. The van der Waals surface area contributed by atoms with E-state index in [-0.39, 0.29) is 12.3 Å². The van der Waals surface area contributed by atoms with E-state index in [4.69, 9.17) is 5.73 Å². The molecule has 0 fully saturated rings. The summed E-state index contributed by atoms with van der Waals surface area (Å²) in [7, 11) is 0. The molecule has 1 aromatic heterocycles. The average Bonchev–Trinajstić information content (AvgIpc) is 2.80. The van der Waals surface area contributed by atoms with E-state index in [1.165, 1.54) is 0 Å². The number of nitrogens with one attached hydrogen (secondary N) is 1. The van der Waals surface area contributed by atoms with E-state index in [9.17, 15) is 4.79 Å². The lowest BCUT2D eigenvalue weighted by Gasteiger charge is -2.17. The van der Waals surface area contributed by atoms with Gasteiger partial charge in [-0.15, -0.1) is 0 Å². The molecule has 0 aliphatic rings. The highest BCUT2D eigenvalue weighted by molar-refractivity contribution is 5.91. The number of nitrogens with two attached hydrogens (primary N) is 1. The molecule has 1 heterocycles. The summed E-state index contributed by atoms with van der Waals surface area (Å²) in [5.41, 5.74) is 7.01. The van der Waals surface area contributed by atoms with Crippen molar-refractivity contribution in [3.63, 3.8) is 0 Å². The Balaban J connectivity index is 2.01. The van der Waals surface area contributed by atoms with Gasteiger partial charge in [-0.3, -0.25) is 4.79 Å². The molecule has 0 atom stereocenters. The fourth-order valence-corrected chi connectivity index (χ4v) is 1.74. The van der Waals surface area contributed by atoms with Crippen LogP contribution in [0, 0.1) is 0 Å². The van der Waals surface area contributed by atoms with E-state index in [1.807, 2.05) is 50.4 Å². The van der Waals surface area contributed by atoms with Crippen LogP contribution in [0.5, 0.6) is 0 Å². The third-order valence-corrected chi connectivity index (χ3v) is 2.54. The number of aromatic nitrogens is 2. The number of amides is 1. The van der Waals surface area contributed by atoms with Crippen molar-refractivity contribution in [2.45, 2.75) is 25.8 Å². The molecule has 19 heavy (non-hydrogen) atoms. The standard InChI is InChI=1S/C14H18N4O/c1-14(2,15)10-13(19)17-11-4-6-12(7-5-11)18-9-3-8-16-18/h3-9H,10,15H2,1-2H3,(H,17,19). The molecule has 0 aliphatic heterocycles. The lowest BCUT2D eigenvalue weighted by molar-refractivity contribution is -0.117. The van der Waals surface area contributed by atoms with Gasteiger partial charge in [0.05, 0.1) is 5.69 Å². The minimum atomic E-state index is -0.501. The van der Waals surface area contributed by atoms with E-state index in [0.717, 1.165) is 11.4 Å². The van der Waals surface area contributed by atoms with Crippen LogP contribution in [0.4, 0.5) is 5.69 Å². The Morgan fingerprint density at radius 3 is 2.58 bits per heavy atom. The van der Waals surface area contributed by atoms with Gasteiger partial charge in [0.15, 0.2) is 0 Å². The molecule has 2 rings (SSSR count). The van der Waals surface area contributed by atoms with Crippen molar-refractivity contribution in [1.29, 1.82) is 0 Å². The Labute approximate surface area is 112 Å². The summed E-state index contributed by atoms with van der Waals surface area (Å²) in [5.74, 6) is -0.0839. The number of nitrogens with zero attached hydrogens (tertiary/aromatic N) is 2. The Bertz CT molecular complexity index is 538. The van der Waals surface area contributed by atoms with Gasteiger partial charge < -0.3 is 11.1 Å². The Morgan fingerprint density at radius 1 is 1.37 bits per heavy atom. The summed E-state index contributed by atoms with van der Waals surface area (Å²) in [6.07, 6.45) is 3.87. The first-order chi connectivity index (χ1) is 8.94. The van der Waals surface area contributed by atoms with Crippen LogP contribution in [0.25, 0.3) is 5.69 Å². The fraction of sp³-hybridized carbons (Fsp3) is 0.286. The van der Waals surface area contributed by atoms with Crippen LogP contribution >= 0.6 is 0 Å². The lowest BCUT2D eigenvalue weighted by atomic mass is 10.0. The molecule has 2 aromatic rings. The van der Waals surface area contributed by atoms with E-state index in [1.54, 1.807) is 10.9 Å². The van der Waals surface area contributed by atoms with Crippen LogP contribution in [0.2, 0.25) is 0 Å². The van der Waals surface area contributed by atoms with Gasteiger partial charge in [0.1, 0.15) is 0 Å². The van der Waals surface area contributed by atoms with Crippen molar-refractivity contribution in [1.82, 2.24) is 9.78 Å². The van der Waals surface area contributed by atoms with Gasteiger partial charge in [-0.2, -0.15) is 5.10 Å². The van der Waals surface area contributed by atoms with Crippen LogP contribution in [0.1, 0.15) is 20.3 Å². The van der Waals surface area contributed by atoms with Gasteiger partial charge in [0, 0.05) is 30.0 Å². The molecule has 0 bridgehead atoms. The maximum Gasteiger partial charge on any atom is 0.226 e. The minimum absolute atomic E-state index is 0.0839. The first kappa shape index (κ1) is 13.3. The number of anilines is 1. The maximum atomic E-state index is 11.7. The zero-order chi connectivity index (χ0) is 13.9. The first-order valence-electron chi connectivity index (χ1n) is 6.13. The highest BCUT2D eigenvalue weighted by Crippen LogP contribution is 2.14. The zero-order valence-corrected chi connectivity index (χ0v) is 11.1. The number of hydrogen-bond donors (Lipinski definition) is 2. The zero-order valence-electron chi connectivity index (χ0n) is 11.1.